The number of rotatable bonds is 6. The fourth-order valence-electron chi connectivity index (χ4n) is 1.12. The minimum Gasteiger partial charge on any atom is -0.472 e. The Morgan fingerprint density at radius 2 is 2.54 bits per heavy atom. The van der Waals surface area contributed by atoms with E-state index in [0.717, 1.165) is 17.9 Å². The van der Waals surface area contributed by atoms with Crippen LogP contribution in [0.15, 0.2) is 23.0 Å². The van der Waals surface area contributed by atoms with Crippen LogP contribution in [-0.2, 0) is 6.42 Å². The molecule has 0 aliphatic heterocycles. The first-order chi connectivity index (χ1) is 6.36. The molecule has 0 aromatic carbocycles. The molecule has 1 aromatic rings. The van der Waals surface area contributed by atoms with Gasteiger partial charge in [-0.15, -0.1) is 0 Å². The lowest BCUT2D eigenvalue weighted by atomic mass is 10.1. The van der Waals surface area contributed by atoms with Gasteiger partial charge in [0.1, 0.15) is 0 Å². The van der Waals surface area contributed by atoms with Crippen LogP contribution in [-0.4, -0.2) is 17.5 Å². The Hall–Kier alpha value is -0.450. The molecule has 3 N–H and O–H groups in total. The number of furan rings is 1. The van der Waals surface area contributed by atoms with Crippen LogP contribution in [0.2, 0.25) is 0 Å². The minimum atomic E-state index is 0.336. The summed E-state index contributed by atoms with van der Waals surface area (Å²) in [6, 6.07) is 2.31. The van der Waals surface area contributed by atoms with E-state index in [0.29, 0.717) is 6.04 Å². The average Bonchev–Trinajstić information content (AvgIpc) is 2.64. The zero-order valence-electron chi connectivity index (χ0n) is 7.82. The van der Waals surface area contributed by atoms with Crippen molar-refractivity contribution in [2.24, 2.45) is 5.84 Å². The van der Waals surface area contributed by atoms with E-state index in [1.807, 2.05) is 17.8 Å². The van der Waals surface area contributed by atoms with Crippen molar-refractivity contribution in [2.45, 2.75) is 19.4 Å². The zero-order chi connectivity index (χ0) is 9.52. The number of nitrogens with two attached hydrogens (primary N) is 1. The summed E-state index contributed by atoms with van der Waals surface area (Å²) in [5.74, 6) is 7.60. The van der Waals surface area contributed by atoms with E-state index in [4.69, 9.17) is 10.3 Å². The number of nitrogens with one attached hydrogen (secondary N) is 1. The second-order valence-corrected chi connectivity index (χ2v) is 4.18. The Morgan fingerprint density at radius 3 is 3.08 bits per heavy atom. The van der Waals surface area contributed by atoms with E-state index in [1.165, 1.54) is 5.56 Å². The maximum Gasteiger partial charge on any atom is 0.0935 e. The van der Waals surface area contributed by atoms with E-state index >= 15 is 0 Å². The number of hydrazine groups is 1. The summed E-state index contributed by atoms with van der Waals surface area (Å²) in [6.07, 6.45) is 4.39. The molecule has 0 fully saturated rings. The average molecular weight is 200 g/mol. The molecule has 0 aliphatic rings. The number of thioether (sulfide) groups is 1. The van der Waals surface area contributed by atoms with E-state index in [1.54, 1.807) is 12.5 Å². The first kappa shape index (κ1) is 10.6. The fourth-order valence-corrected chi connectivity index (χ4v) is 1.85. The smallest absolute Gasteiger partial charge is 0.0935 e. The molecule has 1 heterocycles. The predicted molar refractivity (Wildman–Crippen MR) is 56.5 cm³/mol. The normalized spacial score (nSPS) is 13.1. The zero-order valence-corrected chi connectivity index (χ0v) is 8.64. The highest BCUT2D eigenvalue weighted by molar-refractivity contribution is 7.99. The Labute approximate surface area is 83.0 Å². The summed E-state index contributed by atoms with van der Waals surface area (Å²) in [7, 11) is 0. The van der Waals surface area contributed by atoms with Gasteiger partial charge in [-0.1, -0.05) is 6.92 Å². The van der Waals surface area contributed by atoms with Gasteiger partial charge >= 0.3 is 0 Å². The lowest BCUT2D eigenvalue weighted by Gasteiger charge is -2.13. The molecule has 1 unspecified atom stereocenters. The van der Waals surface area contributed by atoms with Crippen molar-refractivity contribution in [1.29, 1.82) is 0 Å². The van der Waals surface area contributed by atoms with Gasteiger partial charge in [-0.05, 0) is 23.8 Å². The van der Waals surface area contributed by atoms with Gasteiger partial charge in [0.2, 0.25) is 0 Å². The van der Waals surface area contributed by atoms with Gasteiger partial charge in [0.05, 0.1) is 12.5 Å². The summed E-state index contributed by atoms with van der Waals surface area (Å²) in [4.78, 5) is 0. The number of hydrogen-bond acceptors (Lipinski definition) is 4. The molecule has 0 saturated carbocycles. The first-order valence-corrected chi connectivity index (χ1v) is 5.57. The quantitative estimate of drug-likeness (QED) is 0.538. The van der Waals surface area contributed by atoms with E-state index < -0.39 is 0 Å². The molecule has 1 atom stereocenters. The van der Waals surface area contributed by atoms with Gasteiger partial charge < -0.3 is 4.42 Å². The highest BCUT2D eigenvalue weighted by atomic mass is 32.2. The molecule has 0 saturated heterocycles. The van der Waals surface area contributed by atoms with Crippen LogP contribution in [0.4, 0.5) is 0 Å². The maximum atomic E-state index is 5.44. The van der Waals surface area contributed by atoms with Crippen molar-refractivity contribution in [3.05, 3.63) is 24.2 Å². The Kier molecular flexibility index (Phi) is 4.97. The number of hydrogen-bond donors (Lipinski definition) is 2. The van der Waals surface area contributed by atoms with Gasteiger partial charge in [0.15, 0.2) is 0 Å². The summed E-state index contributed by atoms with van der Waals surface area (Å²) < 4.78 is 4.99. The van der Waals surface area contributed by atoms with Crippen molar-refractivity contribution in [2.75, 3.05) is 11.5 Å². The summed E-state index contributed by atoms with van der Waals surface area (Å²) in [5.41, 5.74) is 4.01. The van der Waals surface area contributed by atoms with Crippen molar-refractivity contribution < 1.29 is 4.42 Å². The molecule has 0 amide bonds. The second kappa shape index (κ2) is 6.07. The Morgan fingerprint density at radius 1 is 1.69 bits per heavy atom. The third-order valence-electron chi connectivity index (χ3n) is 1.82. The van der Waals surface area contributed by atoms with Gasteiger partial charge in [0, 0.05) is 11.8 Å². The molecule has 1 aromatic heterocycles. The third-order valence-corrected chi connectivity index (χ3v) is 2.87. The van der Waals surface area contributed by atoms with E-state index in [9.17, 15) is 0 Å². The van der Waals surface area contributed by atoms with Gasteiger partial charge in [-0.3, -0.25) is 11.3 Å². The molecule has 1 rings (SSSR count). The fraction of sp³-hybridized carbons (Fsp3) is 0.556. The molecule has 0 spiro atoms. The molecule has 3 nitrogen and oxygen atoms in total. The third kappa shape index (κ3) is 3.85. The molecule has 74 valence electrons. The van der Waals surface area contributed by atoms with Crippen molar-refractivity contribution >= 4 is 11.8 Å². The lowest BCUT2D eigenvalue weighted by Crippen LogP contribution is -2.38. The molecule has 0 aliphatic carbocycles. The lowest BCUT2D eigenvalue weighted by molar-refractivity contribution is 0.548. The minimum absolute atomic E-state index is 0.336. The van der Waals surface area contributed by atoms with Crippen LogP contribution < -0.4 is 11.3 Å². The van der Waals surface area contributed by atoms with Crippen LogP contribution in [0.25, 0.3) is 0 Å². The maximum absolute atomic E-state index is 5.44. The monoisotopic (exact) mass is 200 g/mol. The predicted octanol–water partition coefficient (Wildman–Crippen LogP) is 1.41. The SMILES string of the molecule is CCSCC(Cc1ccoc1)NN. The van der Waals surface area contributed by atoms with Crippen molar-refractivity contribution in [3.63, 3.8) is 0 Å². The largest absolute Gasteiger partial charge is 0.472 e. The van der Waals surface area contributed by atoms with Crippen LogP contribution in [0, 0.1) is 0 Å². The highest BCUT2D eigenvalue weighted by Crippen LogP contribution is 2.08. The van der Waals surface area contributed by atoms with Crippen LogP contribution in [0.1, 0.15) is 12.5 Å². The standard InChI is InChI=1S/C9H16N2OS/c1-2-13-7-9(11-10)5-8-3-4-12-6-8/h3-4,6,9,11H,2,5,7,10H2,1H3. The van der Waals surface area contributed by atoms with Gasteiger partial charge in [0.25, 0.3) is 0 Å². The molecule has 4 heteroatoms. The van der Waals surface area contributed by atoms with Crippen LogP contribution >= 0.6 is 11.8 Å². The topological polar surface area (TPSA) is 51.2 Å². The van der Waals surface area contributed by atoms with Gasteiger partial charge in [-0.25, -0.2) is 0 Å². The van der Waals surface area contributed by atoms with Gasteiger partial charge in [-0.2, -0.15) is 11.8 Å². The molecule has 13 heavy (non-hydrogen) atoms. The molecule has 0 radical (unpaired) electrons. The molecular formula is C9H16N2OS. The van der Waals surface area contributed by atoms with Crippen molar-refractivity contribution in [1.82, 2.24) is 5.43 Å². The van der Waals surface area contributed by atoms with Crippen LogP contribution in [0.5, 0.6) is 0 Å². The molecular weight excluding hydrogens is 184 g/mol. The first-order valence-electron chi connectivity index (χ1n) is 4.41. The Balaban J connectivity index is 2.31. The Bertz CT molecular complexity index is 213. The summed E-state index contributed by atoms with van der Waals surface area (Å²) >= 11 is 1.89. The van der Waals surface area contributed by atoms with E-state index in [-0.39, 0.29) is 0 Å². The van der Waals surface area contributed by atoms with Crippen molar-refractivity contribution in [3.8, 4) is 0 Å². The second-order valence-electron chi connectivity index (χ2n) is 2.86. The summed E-state index contributed by atoms with van der Waals surface area (Å²) in [6.45, 7) is 2.15. The van der Waals surface area contributed by atoms with E-state index in [2.05, 4.69) is 12.3 Å². The highest BCUT2D eigenvalue weighted by Gasteiger charge is 2.07. The van der Waals surface area contributed by atoms with Crippen LogP contribution in [0.3, 0.4) is 0 Å². The molecule has 0 bridgehead atoms. The summed E-state index contributed by atoms with van der Waals surface area (Å²) in [5, 5.41) is 0.